The lowest BCUT2D eigenvalue weighted by Crippen LogP contribution is -2.53. The molecule has 1 fully saturated rings. The molecule has 1 saturated heterocycles. The molecule has 0 spiro atoms. The summed E-state index contributed by atoms with van der Waals surface area (Å²) in [5, 5.41) is 0.701. The molecule has 0 amide bonds. The van der Waals surface area contributed by atoms with Gasteiger partial charge in [0.2, 0.25) is 5.78 Å². The predicted molar refractivity (Wildman–Crippen MR) is 186 cm³/mol. The number of ether oxygens (including phenoxy) is 6. The van der Waals surface area contributed by atoms with Gasteiger partial charge in [0.25, 0.3) is 0 Å². The smallest absolute Gasteiger partial charge is 0.302 e. The molecule has 0 bridgehead atoms. The van der Waals surface area contributed by atoms with Gasteiger partial charge in [-0.2, -0.15) is 0 Å². The molecule has 10 nitrogen and oxygen atoms in total. The number of benzene rings is 3. The second-order valence-electron chi connectivity index (χ2n) is 12.6. The first-order valence-electron chi connectivity index (χ1n) is 16.6. The second-order valence-corrected chi connectivity index (χ2v) is 12.6. The summed E-state index contributed by atoms with van der Waals surface area (Å²) in [7, 11) is 0. The summed E-state index contributed by atoms with van der Waals surface area (Å²) in [6.45, 7) is 12.6. The van der Waals surface area contributed by atoms with Gasteiger partial charge in [-0.05, 0) is 55.3 Å². The van der Waals surface area contributed by atoms with Crippen molar-refractivity contribution in [3.63, 3.8) is 0 Å². The third-order valence-electron chi connectivity index (χ3n) is 9.00. The lowest BCUT2D eigenvalue weighted by molar-refractivity contribution is -0.272. The molecular weight excluding hydrogens is 640 g/mol. The fourth-order valence-corrected chi connectivity index (χ4v) is 6.46. The van der Waals surface area contributed by atoms with Crippen LogP contribution in [0.3, 0.4) is 0 Å². The number of rotatable bonds is 11. The summed E-state index contributed by atoms with van der Waals surface area (Å²) in [6, 6.07) is 20.2. The zero-order valence-electron chi connectivity index (χ0n) is 28.7. The van der Waals surface area contributed by atoms with Crippen molar-refractivity contribution in [2.75, 3.05) is 19.8 Å². The molecule has 6 rings (SSSR count). The van der Waals surface area contributed by atoms with E-state index < -0.39 is 30.3 Å². The average Bonchev–Trinajstić information content (AvgIpc) is 3.49. The molecular formula is C40H40O10. The van der Waals surface area contributed by atoms with Crippen LogP contribution >= 0.6 is 0 Å². The summed E-state index contributed by atoms with van der Waals surface area (Å²) < 4.78 is 41.5. The van der Waals surface area contributed by atoms with Crippen LogP contribution in [-0.4, -0.2) is 56.0 Å². The molecule has 3 heterocycles. The van der Waals surface area contributed by atoms with E-state index >= 15 is 0 Å². The minimum absolute atomic E-state index is 0.0349. The van der Waals surface area contributed by atoms with Gasteiger partial charge in [-0.3, -0.25) is 14.4 Å². The molecule has 0 radical (unpaired) electrons. The van der Waals surface area contributed by atoms with Crippen LogP contribution in [0.1, 0.15) is 56.3 Å². The van der Waals surface area contributed by atoms with Crippen molar-refractivity contribution in [3.8, 4) is 22.6 Å². The number of ketones is 1. The SMILES string of the molecule is C=C1C=C(C)c2ccc3oc(C(=O)c4cccc(OCCOC5OC(C)C(C)C(OC(C)=O)C5COC(C)=O)c4)c(-c4ccccc4)c3c2O1. The standard InChI is InChI=1S/C40H40O10/c1-22-19-23(2)47-38-31(22)15-16-33-35(38)34(28-11-8-7-9-12-28)39(50-33)36(43)29-13-10-14-30(20-29)44-17-18-45-40-32(21-46-26(5)41)37(49-27(6)42)24(3)25(4)48-40/h7-16,19-20,24-25,32,37,40H,2,17-18,21H2,1,3-6H3. The van der Waals surface area contributed by atoms with Crippen molar-refractivity contribution < 1.29 is 47.2 Å². The number of fused-ring (bicyclic) bond motifs is 3. The van der Waals surface area contributed by atoms with E-state index in [4.69, 9.17) is 32.8 Å². The van der Waals surface area contributed by atoms with E-state index in [1.807, 2.05) is 69.3 Å². The predicted octanol–water partition coefficient (Wildman–Crippen LogP) is 7.53. The molecule has 2 aliphatic rings. The van der Waals surface area contributed by atoms with Crippen LogP contribution in [0.4, 0.5) is 0 Å². The quantitative estimate of drug-likeness (QED) is 0.0893. The number of carbonyl (C=O) groups excluding carboxylic acids is 3. The van der Waals surface area contributed by atoms with Crippen molar-refractivity contribution in [2.24, 2.45) is 11.8 Å². The Kier molecular flexibility index (Phi) is 10.2. The number of hydrogen-bond acceptors (Lipinski definition) is 10. The third-order valence-corrected chi connectivity index (χ3v) is 9.00. The average molecular weight is 681 g/mol. The van der Waals surface area contributed by atoms with E-state index in [0.29, 0.717) is 39.4 Å². The van der Waals surface area contributed by atoms with Gasteiger partial charge < -0.3 is 32.8 Å². The molecule has 1 aromatic heterocycles. The Morgan fingerprint density at radius 1 is 0.920 bits per heavy atom. The van der Waals surface area contributed by atoms with Crippen molar-refractivity contribution in [1.29, 1.82) is 0 Å². The number of hydrogen-bond donors (Lipinski definition) is 0. The van der Waals surface area contributed by atoms with Gasteiger partial charge in [0.15, 0.2) is 12.1 Å². The molecule has 0 saturated carbocycles. The Hall–Kier alpha value is -5.19. The molecule has 5 atom stereocenters. The monoisotopic (exact) mass is 680 g/mol. The van der Waals surface area contributed by atoms with Gasteiger partial charge in [0.1, 0.15) is 42.2 Å². The van der Waals surface area contributed by atoms with Crippen molar-refractivity contribution in [1.82, 2.24) is 0 Å². The summed E-state index contributed by atoms with van der Waals surface area (Å²) in [6.07, 6.45) is 0.220. The molecule has 3 aromatic carbocycles. The highest BCUT2D eigenvalue weighted by molar-refractivity contribution is 6.17. The third kappa shape index (κ3) is 7.22. The Balaban J connectivity index is 1.21. The zero-order chi connectivity index (χ0) is 35.5. The minimum Gasteiger partial charge on any atom is -0.491 e. The lowest BCUT2D eigenvalue weighted by Gasteiger charge is -2.43. The van der Waals surface area contributed by atoms with Crippen LogP contribution in [0.5, 0.6) is 11.5 Å². The molecule has 5 unspecified atom stereocenters. The van der Waals surface area contributed by atoms with E-state index in [2.05, 4.69) is 6.58 Å². The first-order chi connectivity index (χ1) is 24.0. The van der Waals surface area contributed by atoms with Gasteiger partial charge in [0.05, 0.1) is 24.0 Å². The van der Waals surface area contributed by atoms with Crippen LogP contribution in [0.2, 0.25) is 0 Å². The zero-order valence-corrected chi connectivity index (χ0v) is 28.7. The first-order valence-corrected chi connectivity index (χ1v) is 16.6. The van der Waals surface area contributed by atoms with E-state index in [0.717, 1.165) is 16.7 Å². The maximum Gasteiger partial charge on any atom is 0.302 e. The van der Waals surface area contributed by atoms with Crippen LogP contribution in [0, 0.1) is 11.8 Å². The van der Waals surface area contributed by atoms with Crippen molar-refractivity contribution >= 4 is 34.3 Å². The van der Waals surface area contributed by atoms with Crippen LogP contribution in [0.15, 0.2) is 89.6 Å². The molecule has 260 valence electrons. The fourth-order valence-electron chi connectivity index (χ4n) is 6.46. The van der Waals surface area contributed by atoms with Gasteiger partial charge >= 0.3 is 11.9 Å². The normalized spacial score (nSPS) is 21.5. The fraction of sp³-hybridized carbons (Fsp3) is 0.325. The van der Waals surface area contributed by atoms with Crippen molar-refractivity contribution in [2.45, 2.75) is 53.1 Å². The largest absolute Gasteiger partial charge is 0.491 e. The summed E-state index contributed by atoms with van der Waals surface area (Å²) in [5.41, 5.74) is 4.25. The topological polar surface area (TPSA) is 120 Å². The van der Waals surface area contributed by atoms with E-state index in [-0.39, 0.29) is 43.4 Å². The van der Waals surface area contributed by atoms with E-state index in [1.165, 1.54) is 13.8 Å². The van der Waals surface area contributed by atoms with Crippen LogP contribution in [0.25, 0.3) is 27.7 Å². The van der Waals surface area contributed by atoms with Gasteiger partial charge in [-0.15, -0.1) is 0 Å². The highest BCUT2D eigenvalue weighted by Crippen LogP contribution is 2.46. The van der Waals surface area contributed by atoms with Gasteiger partial charge in [0, 0.05) is 36.5 Å². The maximum absolute atomic E-state index is 14.2. The van der Waals surface area contributed by atoms with Crippen LogP contribution in [-0.2, 0) is 28.5 Å². The van der Waals surface area contributed by atoms with Crippen molar-refractivity contribution in [3.05, 3.63) is 102 Å². The Bertz CT molecular complexity index is 1960. The highest BCUT2D eigenvalue weighted by atomic mass is 16.7. The Morgan fingerprint density at radius 3 is 2.44 bits per heavy atom. The minimum atomic E-state index is -0.808. The second kappa shape index (κ2) is 14.7. The van der Waals surface area contributed by atoms with E-state index in [9.17, 15) is 14.4 Å². The number of furan rings is 1. The summed E-state index contributed by atoms with van der Waals surface area (Å²) >= 11 is 0. The maximum atomic E-state index is 14.2. The number of esters is 2. The van der Waals surface area contributed by atoms with Gasteiger partial charge in [-0.1, -0.05) is 56.0 Å². The number of carbonyl (C=O) groups is 3. The lowest BCUT2D eigenvalue weighted by atomic mass is 9.85. The Morgan fingerprint density at radius 2 is 1.70 bits per heavy atom. The Labute approximate surface area is 290 Å². The summed E-state index contributed by atoms with van der Waals surface area (Å²) in [4.78, 5) is 37.7. The molecule has 4 aromatic rings. The molecule has 50 heavy (non-hydrogen) atoms. The summed E-state index contributed by atoms with van der Waals surface area (Å²) in [5.74, 6) is -0.158. The molecule has 0 N–H and O–H groups in total. The number of allylic oxidation sites excluding steroid dienone is 2. The molecule has 10 heteroatoms. The van der Waals surface area contributed by atoms with Gasteiger partial charge in [-0.25, -0.2) is 0 Å². The highest BCUT2D eigenvalue weighted by Gasteiger charge is 2.45. The first kappa shape index (κ1) is 34.7. The van der Waals surface area contributed by atoms with Crippen LogP contribution < -0.4 is 9.47 Å². The molecule has 0 aliphatic carbocycles. The van der Waals surface area contributed by atoms with E-state index in [1.54, 1.807) is 24.3 Å². The molecule has 2 aliphatic heterocycles.